The highest BCUT2D eigenvalue weighted by molar-refractivity contribution is 7.92. The maximum absolute atomic E-state index is 12.5. The van der Waals surface area contributed by atoms with Gasteiger partial charge in [0.15, 0.2) is 5.76 Å². The van der Waals surface area contributed by atoms with E-state index >= 15 is 0 Å². The number of furan rings is 1. The van der Waals surface area contributed by atoms with Gasteiger partial charge >= 0.3 is 0 Å². The molecule has 3 rings (SSSR count). The molecule has 0 radical (unpaired) electrons. The van der Waals surface area contributed by atoms with E-state index in [1.165, 1.54) is 19.2 Å². The summed E-state index contributed by atoms with van der Waals surface area (Å²) in [5.41, 5.74) is 1.84. The van der Waals surface area contributed by atoms with Crippen LogP contribution in [0.5, 0.6) is 5.75 Å². The Morgan fingerprint density at radius 2 is 1.88 bits per heavy atom. The number of benzene rings is 1. The van der Waals surface area contributed by atoms with Crippen molar-refractivity contribution in [2.75, 3.05) is 11.8 Å². The number of nitrogens with zero attached hydrogens (tertiary/aromatic N) is 1. The number of para-hydroxylation sites is 2. The molecule has 0 spiro atoms. The lowest BCUT2D eigenvalue weighted by molar-refractivity contribution is 0.398. The van der Waals surface area contributed by atoms with Crippen LogP contribution in [0.1, 0.15) is 11.3 Å². The van der Waals surface area contributed by atoms with Crippen molar-refractivity contribution >= 4 is 15.7 Å². The predicted molar refractivity (Wildman–Crippen MR) is 87.5 cm³/mol. The minimum Gasteiger partial charge on any atom is -0.495 e. The molecule has 1 aromatic carbocycles. The Bertz CT molecular complexity index is 972. The number of rotatable bonds is 5. The minimum atomic E-state index is -3.90. The van der Waals surface area contributed by atoms with Gasteiger partial charge < -0.3 is 13.7 Å². The molecule has 8 heteroatoms. The van der Waals surface area contributed by atoms with Crippen molar-refractivity contribution in [2.45, 2.75) is 18.9 Å². The van der Waals surface area contributed by atoms with Gasteiger partial charge in [-0.25, -0.2) is 0 Å². The summed E-state index contributed by atoms with van der Waals surface area (Å²) in [7, 11) is -2.43. The predicted octanol–water partition coefficient (Wildman–Crippen LogP) is 3.36. The van der Waals surface area contributed by atoms with Crippen LogP contribution in [-0.4, -0.2) is 20.7 Å². The number of ether oxygens (including phenoxy) is 1. The summed E-state index contributed by atoms with van der Waals surface area (Å²) < 4.78 is 43.2. The topological polar surface area (TPSA) is 94.6 Å². The molecule has 24 heavy (non-hydrogen) atoms. The molecule has 126 valence electrons. The Morgan fingerprint density at radius 3 is 2.54 bits per heavy atom. The molecule has 0 saturated heterocycles. The number of methoxy groups -OCH3 is 1. The molecule has 0 aliphatic heterocycles. The van der Waals surface area contributed by atoms with Gasteiger partial charge in [-0.2, -0.15) is 8.42 Å². The van der Waals surface area contributed by atoms with Crippen molar-refractivity contribution in [3.8, 4) is 17.3 Å². The fourth-order valence-corrected chi connectivity index (χ4v) is 3.16. The van der Waals surface area contributed by atoms with Crippen molar-refractivity contribution < 1.29 is 22.1 Å². The number of hydrogen-bond acceptors (Lipinski definition) is 6. The number of sulfonamides is 1. The van der Waals surface area contributed by atoms with Gasteiger partial charge in [0.05, 0.1) is 18.5 Å². The Kier molecular flexibility index (Phi) is 4.06. The number of nitrogens with one attached hydrogen (secondary N) is 1. The number of aryl methyl sites for hydroxylation is 1. The Balaban J connectivity index is 1.92. The van der Waals surface area contributed by atoms with Crippen LogP contribution >= 0.6 is 0 Å². The van der Waals surface area contributed by atoms with E-state index in [0.29, 0.717) is 23.0 Å². The summed E-state index contributed by atoms with van der Waals surface area (Å²) in [5, 5.41) is 3.61. The average Bonchev–Trinajstić information content (AvgIpc) is 3.16. The maximum Gasteiger partial charge on any atom is 0.295 e. The fourth-order valence-electron chi connectivity index (χ4n) is 2.16. The zero-order valence-electron chi connectivity index (χ0n) is 13.4. The highest BCUT2D eigenvalue weighted by Gasteiger charge is 2.23. The summed E-state index contributed by atoms with van der Waals surface area (Å²) in [4.78, 5) is 0. The lowest BCUT2D eigenvalue weighted by atomic mass is 10.2. The molecule has 2 aromatic heterocycles. The van der Waals surface area contributed by atoms with Gasteiger partial charge in [-0.3, -0.25) is 4.72 Å². The molecule has 0 atom stereocenters. The molecule has 3 aromatic rings. The first kappa shape index (κ1) is 16.1. The van der Waals surface area contributed by atoms with E-state index in [4.69, 9.17) is 13.7 Å². The Morgan fingerprint density at radius 1 is 1.12 bits per heavy atom. The molecule has 1 N–H and O–H groups in total. The maximum atomic E-state index is 12.5. The summed E-state index contributed by atoms with van der Waals surface area (Å²) in [6.07, 6.45) is 0. The molecule has 0 unspecified atom stereocenters. The smallest absolute Gasteiger partial charge is 0.295 e. The highest BCUT2D eigenvalue weighted by Crippen LogP contribution is 2.31. The van der Waals surface area contributed by atoms with Gasteiger partial charge in [0.1, 0.15) is 5.75 Å². The lowest BCUT2D eigenvalue weighted by Crippen LogP contribution is -2.12. The summed E-state index contributed by atoms with van der Waals surface area (Å²) in [5.74, 6) is 1.12. The molecule has 0 fully saturated rings. The zero-order chi connectivity index (χ0) is 17.3. The van der Waals surface area contributed by atoms with Gasteiger partial charge in [0.2, 0.25) is 10.9 Å². The standard InChI is InChI=1S/C16H16N2O5S/c1-10-11(2)17-23-16(10)14-8-9-15(22-14)24(19,20)18-12-6-4-5-7-13(12)21-3/h4-9,18H,1-3H3. The van der Waals surface area contributed by atoms with Crippen LogP contribution < -0.4 is 9.46 Å². The molecule has 0 aliphatic carbocycles. The van der Waals surface area contributed by atoms with E-state index in [1.54, 1.807) is 31.2 Å². The third-order valence-electron chi connectivity index (χ3n) is 3.58. The quantitative estimate of drug-likeness (QED) is 0.760. The first-order chi connectivity index (χ1) is 11.4. The Hall–Kier alpha value is -2.74. The molecule has 0 aliphatic rings. The van der Waals surface area contributed by atoms with Crippen molar-refractivity contribution in [1.29, 1.82) is 0 Å². The van der Waals surface area contributed by atoms with E-state index < -0.39 is 10.0 Å². The van der Waals surface area contributed by atoms with Crippen LogP contribution in [0.2, 0.25) is 0 Å². The van der Waals surface area contributed by atoms with Gasteiger partial charge in [-0.05, 0) is 38.1 Å². The van der Waals surface area contributed by atoms with E-state index in [9.17, 15) is 8.42 Å². The molecule has 0 bridgehead atoms. The third kappa shape index (κ3) is 2.88. The molecule has 7 nitrogen and oxygen atoms in total. The van der Waals surface area contributed by atoms with Gasteiger partial charge in [0, 0.05) is 5.56 Å². The Labute approximate surface area is 139 Å². The van der Waals surface area contributed by atoms with Crippen molar-refractivity contribution in [3.63, 3.8) is 0 Å². The second-order valence-corrected chi connectivity index (χ2v) is 6.76. The van der Waals surface area contributed by atoms with Crippen LogP contribution in [0.15, 0.2) is 50.4 Å². The van der Waals surface area contributed by atoms with E-state index in [-0.39, 0.29) is 5.09 Å². The molecular weight excluding hydrogens is 332 g/mol. The van der Waals surface area contributed by atoms with Gasteiger partial charge in [0.25, 0.3) is 10.0 Å². The van der Waals surface area contributed by atoms with Gasteiger partial charge in [-0.1, -0.05) is 17.3 Å². The molecule has 0 saturated carbocycles. The molecular formula is C16H16N2O5S. The minimum absolute atomic E-state index is 0.225. The van der Waals surface area contributed by atoms with Crippen molar-refractivity contribution in [1.82, 2.24) is 5.16 Å². The number of anilines is 1. The monoisotopic (exact) mass is 348 g/mol. The van der Waals surface area contributed by atoms with Crippen LogP contribution in [0, 0.1) is 13.8 Å². The van der Waals surface area contributed by atoms with Crippen LogP contribution in [0.25, 0.3) is 11.5 Å². The van der Waals surface area contributed by atoms with Gasteiger partial charge in [-0.15, -0.1) is 0 Å². The molecule has 0 amide bonds. The van der Waals surface area contributed by atoms with Crippen molar-refractivity contribution in [2.24, 2.45) is 0 Å². The van der Waals surface area contributed by atoms with Crippen molar-refractivity contribution in [3.05, 3.63) is 47.7 Å². The highest BCUT2D eigenvalue weighted by atomic mass is 32.2. The van der Waals surface area contributed by atoms with E-state index in [2.05, 4.69) is 9.88 Å². The lowest BCUT2D eigenvalue weighted by Gasteiger charge is -2.09. The van der Waals surface area contributed by atoms with Crippen LogP contribution in [0.4, 0.5) is 5.69 Å². The van der Waals surface area contributed by atoms with Crippen LogP contribution in [0.3, 0.4) is 0 Å². The van der Waals surface area contributed by atoms with E-state index in [1.807, 2.05) is 6.92 Å². The summed E-state index contributed by atoms with van der Waals surface area (Å²) in [6.45, 7) is 3.62. The van der Waals surface area contributed by atoms with Crippen LogP contribution in [-0.2, 0) is 10.0 Å². The second-order valence-electron chi connectivity index (χ2n) is 5.15. The third-order valence-corrected chi connectivity index (χ3v) is 4.82. The first-order valence-corrected chi connectivity index (χ1v) is 8.59. The summed E-state index contributed by atoms with van der Waals surface area (Å²) in [6, 6.07) is 9.61. The van der Waals surface area contributed by atoms with E-state index in [0.717, 1.165) is 11.3 Å². The SMILES string of the molecule is COc1ccccc1NS(=O)(=O)c1ccc(-c2onc(C)c2C)o1. The average molecular weight is 348 g/mol. The largest absolute Gasteiger partial charge is 0.495 e. The number of aromatic nitrogens is 1. The number of hydrogen-bond donors (Lipinski definition) is 1. The fraction of sp³-hybridized carbons (Fsp3) is 0.188. The molecule has 2 heterocycles. The first-order valence-electron chi connectivity index (χ1n) is 7.11. The second kappa shape index (κ2) is 6.04. The normalized spacial score (nSPS) is 11.5. The summed E-state index contributed by atoms with van der Waals surface area (Å²) >= 11 is 0. The zero-order valence-corrected chi connectivity index (χ0v) is 14.2.